The summed E-state index contributed by atoms with van der Waals surface area (Å²) in [7, 11) is 0. The Labute approximate surface area is 177 Å². The Morgan fingerprint density at radius 2 is 1.43 bits per heavy atom. The molecule has 0 aliphatic rings. The maximum atomic E-state index is 12.5. The number of anilines is 2. The smallest absolute Gasteiger partial charge is 0.265 e. The normalized spacial score (nSPS) is 11.6. The zero-order valence-corrected chi connectivity index (χ0v) is 17.4. The average molecular weight is 402 g/mol. The van der Waals surface area contributed by atoms with Gasteiger partial charge < -0.3 is 15.4 Å². The van der Waals surface area contributed by atoms with Crippen molar-refractivity contribution in [2.75, 3.05) is 10.6 Å². The first-order valence-electron chi connectivity index (χ1n) is 9.96. The maximum Gasteiger partial charge on any atom is 0.265 e. The lowest BCUT2D eigenvalue weighted by atomic mass is 10.0. The lowest BCUT2D eigenvalue weighted by molar-refractivity contribution is -0.122. The molecule has 5 nitrogen and oxygen atoms in total. The van der Waals surface area contributed by atoms with Gasteiger partial charge >= 0.3 is 0 Å². The molecule has 0 aliphatic carbocycles. The molecule has 3 aromatic carbocycles. The zero-order valence-electron chi connectivity index (χ0n) is 17.4. The molecule has 0 aliphatic heterocycles. The Kier molecular flexibility index (Phi) is 6.86. The summed E-state index contributed by atoms with van der Waals surface area (Å²) in [6, 6.07) is 23.8. The molecular weight excluding hydrogens is 376 g/mol. The van der Waals surface area contributed by atoms with Gasteiger partial charge in [-0.1, -0.05) is 50.2 Å². The van der Waals surface area contributed by atoms with E-state index in [4.69, 9.17) is 4.74 Å². The van der Waals surface area contributed by atoms with Crippen LogP contribution in [0.1, 0.15) is 42.6 Å². The van der Waals surface area contributed by atoms with E-state index in [0.29, 0.717) is 28.6 Å². The molecular formula is C25H26N2O3. The van der Waals surface area contributed by atoms with Gasteiger partial charge in [0.25, 0.3) is 11.8 Å². The fourth-order valence-corrected chi connectivity index (χ4v) is 2.90. The van der Waals surface area contributed by atoms with Gasteiger partial charge in [0.1, 0.15) is 5.75 Å². The monoisotopic (exact) mass is 402 g/mol. The Hall–Kier alpha value is -3.60. The second kappa shape index (κ2) is 9.74. The SMILES string of the molecule is CC(Oc1ccc(C(C)C)cc1)C(=O)Nc1cccc(C(=O)Nc2ccccc2)c1. The van der Waals surface area contributed by atoms with E-state index in [2.05, 4.69) is 24.5 Å². The number of para-hydroxylation sites is 1. The molecule has 0 saturated heterocycles. The summed E-state index contributed by atoms with van der Waals surface area (Å²) in [5.74, 6) is 0.541. The van der Waals surface area contributed by atoms with Crippen molar-refractivity contribution in [3.63, 3.8) is 0 Å². The average Bonchev–Trinajstić information content (AvgIpc) is 2.75. The van der Waals surface area contributed by atoms with Crippen LogP contribution < -0.4 is 15.4 Å². The van der Waals surface area contributed by atoms with Crippen LogP contribution in [0.15, 0.2) is 78.9 Å². The zero-order chi connectivity index (χ0) is 21.5. The molecule has 2 N–H and O–H groups in total. The standard InChI is InChI=1S/C25H26N2O3/c1-17(2)19-12-14-23(15-13-19)30-18(3)24(28)27-22-11-7-8-20(16-22)25(29)26-21-9-5-4-6-10-21/h4-18H,1-3H3,(H,26,29)(H,27,28). The van der Waals surface area contributed by atoms with Gasteiger partial charge in [0.15, 0.2) is 6.10 Å². The highest BCUT2D eigenvalue weighted by atomic mass is 16.5. The number of hydrogen-bond donors (Lipinski definition) is 2. The minimum absolute atomic E-state index is 0.244. The molecule has 154 valence electrons. The number of amides is 2. The molecule has 0 spiro atoms. The molecule has 0 aromatic heterocycles. The molecule has 30 heavy (non-hydrogen) atoms. The largest absolute Gasteiger partial charge is 0.481 e. The summed E-state index contributed by atoms with van der Waals surface area (Å²) in [6.07, 6.45) is -0.684. The molecule has 0 fully saturated rings. The highest BCUT2D eigenvalue weighted by molar-refractivity contribution is 6.05. The van der Waals surface area contributed by atoms with Gasteiger partial charge in [-0.15, -0.1) is 0 Å². The van der Waals surface area contributed by atoms with Gasteiger partial charge in [-0.3, -0.25) is 9.59 Å². The quantitative estimate of drug-likeness (QED) is 0.551. The molecule has 3 aromatic rings. The second-order valence-electron chi connectivity index (χ2n) is 7.37. The minimum Gasteiger partial charge on any atom is -0.481 e. The van der Waals surface area contributed by atoms with Gasteiger partial charge in [0.2, 0.25) is 0 Å². The highest BCUT2D eigenvalue weighted by Crippen LogP contribution is 2.20. The number of rotatable bonds is 7. The van der Waals surface area contributed by atoms with Crippen molar-refractivity contribution >= 4 is 23.2 Å². The molecule has 0 saturated carbocycles. The third kappa shape index (κ3) is 5.70. The van der Waals surface area contributed by atoms with E-state index in [9.17, 15) is 9.59 Å². The second-order valence-corrected chi connectivity index (χ2v) is 7.37. The van der Waals surface area contributed by atoms with E-state index >= 15 is 0 Å². The van der Waals surface area contributed by atoms with Crippen molar-refractivity contribution < 1.29 is 14.3 Å². The summed E-state index contributed by atoms with van der Waals surface area (Å²) in [5, 5.41) is 5.64. The van der Waals surface area contributed by atoms with Gasteiger partial charge in [0.05, 0.1) is 0 Å². The fourth-order valence-electron chi connectivity index (χ4n) is 2.90. The predicted molar refractivity (Wildman–Crippen MR) is 120 cm³/mol. The van der Waals surface area contributed by atoms with Gasteiger partial charge in [-0.25, -0.2) is 0 Å². The van der Waals surface area contributed by atoms with Crippen LogP contribution in [-0.4, -0.2) is 17.9 Å². The van der Waals surface area contributed by atoms with E-state index in [1.807, 2.05) is 54.6 Å². The first-order valence-corrected chi connectivity index (χ1v) is 9.96. The number of benzene rings is 3. The number of carbonyl (C=O) groups is 2. The van der Waals surface area contributed by atoms with Gasteiger partial charge in [0, 0.05) is 16.9 Å². The Morgan fingerprint density at radius 3 is 2.10 bits per heavy atom. The Bertz CT molecular complexity index is 998. The molecule has 0 bridgehead atoms. The third-order valence-corrected chi connectivity index (χ3v) is 4.65. The van der Waals surface area contributed by atoms with Crippen LogP contribution in [0.2, 0.25) is 0 Å². The first-order chi connectivity index (χ1) is 14.4. The molecule has 1 unspecified atom stereocenters. The number of carbonyl (C=O) groups excluding carboxylic acids is 2. The summed E-state index contributed by atoms with van der Waals surface area (Å²) in [5.41, 5.74) is 2.91. The number of hydrogen-bond acceptors (Lipinski definition) is 3. The van der Waals surface area contributed by atoms with E-state index in [1.165, 1.54) is 5.56 Å². The fraction of sp³-hybridized carbons (Fsp3) is 0.200. The van der Waals surface area contributed by atoms with Crippen molar-refractivity contribution in [2.24, 2.45) is 0 Å². The van der Waals surface area contributed by atoms with E-state index < -0.39 is 6.10 Å². The van der Waals surface area contributed by atoms with Crippen LogP contribution in [0.5, 0.6) is 5.75 Å². The van der Waals surface area contributed by atoms with Crippen LogP contribution in [0.3, 0.4) is 0 Å². The van der Waals surface area contributed by atoms with Crippen molar-refractivity contribution in [1.82, 2.24) is 0 Å². The molecule has 0 radical (unpaired) electrons. The van der Waals surface area contributed by atoms with Gasteiger partial charge in [-0.2, -0.15) is 0 Å². The van der Waals surface area contributed by atoms with Crippen molar-refractivity contribution in [3.8, 4) is 5.75 Å². The predicted octanol–water partition coefficient (Wildman–Crippen LogP) is 5.47. The molecule has 3 rings (SSSR count). The van der Waals surface area contributed by atoms with E-state index in [1.54, 1.807) is 31.2 Å². The van der Waals surface area contributed by atoms with E-state index in [-0.39, 0.29) is 11.8 Å². The molecule has 5 heteroatoms. The Balaban J connectivity index is 1.60. The van der Waals surface area contributed by atoms with Crippen LogP contribution in [0, 0.1) is 0 Å². The van der Waals surface area contributed by atoms with Crippen LogP contribution in [0.4, 0.5) is 11.4 Å². The van der Waals surface area contributed by atoms with Crippen LogP contribution >= 0.6 is 0 Å². The summed E-state index contributed by atoms with van der Waals surface area (Å²) < 4.78 is 5.75. The number of ether oxygens (including phenoxy) is 1. The lowest BCUT2D eigenvalue weighted by Gasteiger charge is -2.16. The molecule has 0 heterocycles. The molecule has 2 amide bonds. The molecule has 1 atom stereocenters. The summed E-state index contributed by atoms with van der Waals surface area (Å²) in [4.78, 5) is 25.0. The number of nitrogens with one attached hydrogen (secondary N) is 2. The maximum absolute atomic E-state index is 12.5. The van der Waals surface area contributed by atoms with Crippen LogP contribution in [-0.2, 0) is 4.79 Å². The lowest BCUT2D eigenvalue weighted by Crippen LogP contribution is -2.30. The summed E-state index contributed by atoms with van der Waals surface area (Å²) in [6.45, 7) is 5.94. The van der Waals surface area contributed by atoms with E-state index in [0.717, 1.165) is 0 Å². The van der Waals surface area contributed by atoms with Crippen LogP contribution in [0.25, 0.3) is 0 Å². The first kappa shape index (κ1) is 21.1. The minimum atomic E-state index is -0.684. The topological polar surface area (TPSA) is 67.4 Å². The Morgan fingerprint density at radius 1 is 0.767 bits per heavy atom. The van der Waals surface area contributed by atoms with Crippen molar-refractivity contribution in [1.29, 1.82) is 0 Å². The van der Waals surface area contributed by atoms with Crippen molar-refractivity contribution in [3.05, 3.63) is 90.0 Å². The highest BCUT2D eigenvalue weighted by Gasteiger charge is 2.16. The van der Waals surface area contributed by atoms with Gasteiger partial charge in [-0.05, 0) is 60.9 Å². The van der Waals surface area contributed by atoms with Crippen molar-refractivity contribution in [2.45, 2.75) is 32.8 Å². The third-order valence-electron chi connectivity index (χ3n) is 4.65. The summed E-state index contributed by atoms with van der Waals surface area (Å²) >= 11 is 0.